The molecule has 1 aliphatic carbocycles. The lowest BCUT2D eigenvalue weighted by Crippen LogP contribution is -2.52. The molecular weight excluding hydrogens is 406 g/mol. The van der Waals surface area contributed by atoms with E-state index in [1.165, 1.54) is 24.8 Å². The summed E-state index contributed by atoms with van der Waals surface area (Å²) in [5.74, 6) is -3.28. The normalized spacial score (nSPS) is 22.4. The summed E-state index contributed by atoms with van der Waals surface area (Å²) < 4.78 is 34.9. The minimum Gasteiger partial charge on any atom is -0.489 e. The Labute approximate surface area is 181 Å². The fraction of sp³-hybridized carbons (Fsp3) is 0.500. The van der Waals surface area contributed by atoms with Gasteiger partial charge in [-0.1, -0.05) is 6.07 Å². The highest BCUT2D eigenvalue weighted by Gasteiger charge is 2.46. The first kappa shape index (κ1) is 21.4. The van der Waals surface area contributed by atoms with Crippen LogP contribution in [0.4, 0.5) is 14.6 Å². The average molecular weight is 437 g/mol. The number of pyridine rings is 2. The van der Waals surface area contributed by atoms with Crippen molar-refractivity contribution in [3.05, 3.63) is 52.6 Å². The van der Waals surface area contributed by atoms with Crippen molar-refractivity contribution in [3.63, 3.8) is 0 Å². The van der Waals surface area contributed by atoms with Crippen molar-refractivity contribution in [2.45, 2.75) is 56.6 Å². The van der Waals surface area contributed by atoms with Gasteiger partial charge in [-0.15, -0.1) is 0 Å². The van der Waals surface area contributed by atoms with E-state index in [1.807, 2.05) is 0 Å². The lowest BCUT2D eigenvalue weighted by molar-refractivity contribution is -0.125. The second kappa shape index (κ2) is 8.74. The van der Waals surface area contributed by atoms with Crippen LogP contribution in [0.15, 0.2) is 41.5 Å². The molecule has 9 heteroatoms. The molecule has 1 amide bonds. The van der Waals surface area contributed by atoms with Gasteiger partial charge in [0.2, 0.25) is 11.5 Å². The van der Waals surface area contributed by atoms with Crippen LogP contribution in [0.2, 0.25) is 0 Å². The molecular formula is C22H30F2N4O3. The summed E-state index contributed by atoms with van der Waals surface area (Å²) in [6, 6.07) is 5.48. The summed E-state index contributed by atoms with van der Waals surface area (Å²) in [7, 11) is 0. The summed E-state index contributed by atoms with van der Waals surface area (Å²) in [5, 5.41) is 2.75. The van der Waals surface area contributed by atoms with Gasteiger partial charge in [0.05, 0.1) is 24.3 Å². The molecule has 1 unspecified atom stereocenters. The number of carbonyl (C=O) groups is 1. The second-order valence-electron chi connectivity index (χ2n) is 8.26. The lowest BCUT2D eigenvalue weighted by atomic mass is 9.87. The molecule has 2 aromatic rings. The van der Waals surface area contributed by atoms with Gasteiger partial charge in [-0.2, -0.15) is 0 Å². The third-order valence-corrected chi connectivity index (χ3v) is 6.14. The van der Waals surface area contributed by atoms with Crippen LogP contribution in [0.3, 0.4) is 0 Å². The predicted octanol–water partition coefficient (Wildman–Crippen LogP) is 3.65. The maximum absolute atomic E-state index is 14.6. The molecule has 2 N–H and O–H groups in total. The van der Waals surface area contributed by atoms with Gasteiger partial charge in [-0.25, -0.2) is 13.8 Å². The molecule has 2 aliphatic rings. The van der Waals surface area contributed by atoms with E-state index in [0.29, 0.717) is 17.1 Å². The number of likely N-dealkylation sites (tertiary alicyclic amines) is 1. The minimum atomic E-state index is -2.91. The van der Waals surface area contributed by atoms with Crippen molar-refractivity contribution < 1.29 is 21.2 Å². The summed E-state index contributed by atoms with van der Waals surface area (Å²) in [5.41, 5.74) is 0.00899. The van der Waals surface area contributed by atoms with Crippen LogP contribution in [0.1, 0.15) is 46.9 Å². The van der Waals surface area contributed by atoms with Crippen LogP contribution >= 0.6 is 0 Å². The van der Waals surface area contributed by atoms with Gasteiger partial charge >= 0.3 is 0 Å². The number of alkyl halides is 2. The molecule has 170 valence electrons. The number of carbonyl (C=O) groups excluding carboxylic acids is 1. The molecule has 0 radical (unpaired) electrons. The summed E-state index contributed by atoms with van der Waals surface area (Å²) in [6.45, 7) is 1.80. The van der Waals surface area contributed by atoms with E-state index in [-0.39, 0.29) is 39.9 Å². The van der Waals surface area contributed by atoms with E-state index < -0.39 is 17.9 Å². The minimum absolute atomic E-state index is 0. The number of rotatable bonds is 6. The Hall–Kier alpha value is -2.81. The molecule has 1 saturated carbocycles. The molecule has 2 aromatic heterocycles. The molecule has 0 aromatic carbocycles. The first-order chi connectivity index (χ1) is 14.8. The number of hydrogen-bond donors (Lipinski definition) is 2. The van der Waals surface area contributed by atoms with Gasteiger partial charge < -0.3 is 15.0 Å². The van der Waals surface area contributed by atoms with Gasteiger partial charge in [0.15, 0.2) is 0 Å². The maximum Gasteiger partial charge on any atom is 0.257 e. The molecule has 31 heavy (non-hydrogen) atoms. The topological polar surface area (TPSA) is 87.3 Å². The van der Waals surface area contributed by atoms with Gasteiger partial charge in [-0.3, -0.25) is 14.5 Å². The van der Waals surface area contributed by atoms with Crippen molar-refractivity contribution in [2.75, 3.05) is 18.4 Å². The number of amides is 1. The van der Waals surface area contributed by atoms with Gasteiger partial charge in [0, 0.05) is 34.6 Å². The zero-order valence-corrected chi connectivity index (χ0v) is 17.3. The highest BCUT2D eigenvalue weighted by atomic mass is 19.3. The molecule has 4 rings (SSSR count). The van der Waals surface area contributed by atoms with E-state index in [4.69, 9.17) is 4.74 Å². The Morgan fingerprint density at radius 3 is 2.77 bits per heavy atom. The molecule has 2 fully saturated rings. The number of halogens is 2. The van der Waals surface area contributed by atoms with Crippen LogP contribution in [-0.2, 0) is 4.79 Å². The first-order valence-corrected chi connectivity index (χ1v) is 10.6. The van der Waals surface area contributed by atoms with Crippen molar-refractivity contribution in [2.24, 2.45) is 0 Å². The van der Waals surface area contributed by atoms with E-state index in [9.17, 15) is 18.4 Å². The fourth-order valence-corrected chi connectivity index (χ4v) is 3.87. The zero-order chi connectivity index (χ0) is 22.0. The molecule has 0 bridgehead atoms. The summed E-state index contributed by atoms with van der Waals surface area (Å²) in [4.78, 5) is 32.4. The third-order valence-electron chi connectivity index (χ3n) is 6.14. The Morgan fingerprint density at radius 2 is 2.16 bits per heavy atom. The van der Waals surface area contributed by atoms with E-state index >= 15 is 0 Å². The fourth-order valence-electron chi connectivity index (χ4n) is 3.87. The van der Waals surface area contributed by atoms with Gasteiger partial charge in [-0.05, 0) is 43.9 Å². The molecule has 1 aliphatic heterocycles. The number of nitrogens with one attached hydrogen (secondary N) is 2. The molecule has 0 spiro atoms. The molecule has 1 saturated heterocycles. The van der Waals surface area contributed by atoms with Gasteiger partial charge in [0.1, 0.15) is 11.6 Å². The van der Waals surface area contributed by atoms with Crippen LogP contribution in [0.25, 0.3) is 0 Å². The quantitative estimate of drug-likeness (QED) is 0.722. The lowest BCUT2D eigenvalue weighted by Gasteiger charge is -2.40. The zero-order valence-electron chi connectivity index (χ0n) is 17.3. The van der Waals surface area contributed by atoms with Crippen molar-refractivity contribution in [1.82, 2.24) is 14.9 Å². The maximum atomic E-state index is 14.6. The van der Waals surface area contributed by atoms with Crippen molar-refractivity contribution >= 4 is 11.7 Å². The van der Waals surface area contributed by atoms with Crippen LogP contribution in [0, 0.1) is 0 Å². The number of hydrogen-bond acceptors (Lipinski definition) is 5. The average Bonchev–Trinajstić information content (AvgIpc) is 2.72. The highest BCUT2D eigenvalue weighted by molar-refractivity contribution is 5.93. The SMILES string of the molecule is CC(C(=O)Nc1ccc(OC2CCC2)cn1)N1CCC(F)(F)[C@@H](c2ccc(=O)[nH]c2)C1.[HH].[HH]. The first-order valence-electron chi connectivity index (χ1n) is 10.6. The number of ether oxygens (including phenoxy) is 1. The Kier molecular flexibility index (Phi) is 6.04. The van der Waals surface area contributed by atoms with E-state index in [1.54, 1.807) is 30.2 Å². The second-order valence-corrected chi connectivity index (χ2v) is 8.26. The number of anilines is 1. The van der Waals surface area contributed by atoms with Crippen LogP contribution in [0.5, 0.6) is 5.75 Å². The molecule has 2 atom stereocenters. The third kappa shape index (κ3) is 4.92. The Morgan fingerprint density at radius 1 is 1.35 bits per heavy atom. The van der Waals surface area contributed by atoms with E-state index in [0.717, 1.165) is 12.8 Å². The van der Waals surface area contributed by atoms with Gasteiger partial charge in [0.25, 0.3) is 5.92 Å². The highest BCUT2D eigenvalue weighted by Crippen LogP contribution is 2.40. The number of aromatic nitrogens is 2. The largest absolute Gasteiger partial charge is 0.489 e. The monoisotopic (exact) mass is 436 g/mol. The Balaban J connectivity index is 0.00000193. The standard InChI is InChI=1S/C22H26F2N4O3.2H2/c1-14(21(30)27-19-7-6-17(12-25-19)31-16-3-2-4-16)28-10-9-22(23,24)18(13-28)15-5-8-20(29)26-11-15;;/h5-8,11-12,14,16,18H,2-4,9-10,13H2,1H3,(H,26,29)(H,25,27,30);2*1H/t14?,18-;;/m1../s1. The van der Waals surface area contributed by atoms with Crippen molar-refractivity contribution in [1.29, 1.82) is 0 Å². The predicted molar refractivity (Wildman–Crippen MR) is 116 cm³/mol. The Bertz CT molecular complexity index is 966. The smallest absolute Gasteiger partial charge is 0.257 e. The van der Waals surface area contributed by atoms with Crippen LogP contribution < -0.4 is 15.6 Å². The number of piperidine rings is 1. The number of aromatic amines is 1. The number of nitrogens with zero attached hydrogens (tertiary/aromatic N) is 2. The number of H-pyrrole nitrogens is 1. The molecule has 7 nitrogen and oxygen atoms in total. The molecule has 3 heterocycles. The summed E-state index contributed by atoms with van der Waals surface area (Å²) >= 11 is 0. The summed E-state index contributed by atoms with van der Waals surface area (Å²) in [6.07, 6.45) is 6.05. The van der Waals surface area contributed by atoms with Crippen LogP contribution in [-0.4, -0.2) is 51.9 Å². The van der Waals surface area contributed by atoms with E-state index in [2.05, 4.69) is 15.3 Å². The van der Waals surface area contributed by atoms with Crippen molar-refractivity contribution in [3.8, 4) is 5.75 Å².